The van der Waals surface area contributed by atoms with Gasteiger partial charge in [-0.3, -0.25) is 4.79 Å². The fourth-order valence-electron chi connectivity index (χ4n) is 3.17. The summed E-state index contributed by atoms with van der Waals surface area (Å²) < 4.78 is 26.7. The molecule has 0 radical (unpaired) electrons. The number of sulfonamides is 1. The Balaban J connectivity index is 1.60. The highest BCUT2D eigenvalue weighted by molar-refractivity contribution is 7.89. The smallest absolute Gasteiger partial charge is 0.335 e. The van der Waals surface area contributed by atoms with Crippen molar-refractivity contribution in [2.24, 2.45) is 5.92 Å². The molecule has 0 aromatic heterocycles. The second-order valence-electron chi connectivity index (χ2n) is 6.62. The molecule has 1 aliphatic carbocycles. The number of piperazine rings is 1. The summed E-state index contributed by atoms with van der Waals surface area (Å²) in [7, 11) is -3.67. The van der Waals surface area contributed by atoms with Gasteiger partial charge in [0.05, 0.1) is 10.5 Å². The van der Waals surface area contributed by atoms with Gasteiger partial charge in [-0.2, -0.15) is 4.31 Å². The van der Waals surface area contributed by atoms with Crippen molar-refractivity contribution >= 4 is 21.9 Å². The average Bonchev–Trinajstić information content (AvgIpc) is 2.58. The molecule has 0 spiro atoms. The zero-order valence-electron chi connectivity index (χ0n) is 13.9. The van der Waals surface area contributed by atoms with Crippen molar-refractivity contribution in [2.75, 3.05) is 26.2 Å². The number of benzene rings is 1. The largest absolute Gasteiger partial charge is 0.478 e. The summed E-state index contributed by atoms with van der Waals surface area (Å²) in [5, 5.41) is 8.90. The molecule has 0 unspecified atom stereocenters. The molecule has 3 rings (SSSR count). The van der Waals surface area contributed by atoms with E-state index < -0.39 is 16.0 Å². The molecule has 1 amide bonds. The Labute approximate surface area is 147 Å². The van der Waals surface area contributed by atoms with Gasteiger partial charge in [-0.05, 0) is 43.0 Å². The van der Waals surface area contributed by atoms with Gasteiger partial charge < -0.3 is 10.0 Å². The Kier molecular flexibility index (Phi) is 5.10. The van der Waals surface area contributed by atoms with Crippen molar-refractivity contribution in [3.05, 3.63) is 29.8 Å². The van der Waals surface area contributed by atoms with Crippen molar-refractivity contribution < 1.29 is 23.1 Å². The topological polar surface area (TPSA) is 95.0 Å². The first kappa shape index (κ1) is 17.9. The van der Waals surface area contributed by atoms with E-state index in [1.165, 1.54) is 35.0 Å². The van der Waals surface area contributed by atoms with Crippen LogP contribution in [0.1, 0.15) is 36.0 Å². The summed E-state index contributed by atoms with van der Waals surface area (Å²) in [5.74, 6) is -0.475. The zero-order chi connectivity index (χ0) is 18.0. The summed E-state index contributed by atoms with van der Waals surface area (Å²) in [6, 6.07) is 5.20. The van der Waals surface area contributed by atoms with Crippen LogP contribution in [-0.4, -0.2) is 60.8 Å². The lowest BCUT2D eigenvalue weighted by Gasteiger charge is -2.35. The van der Waals surface area contributed by atoms with Crippen molar-refractivity contribution in [3.8, 4) is 0 Å². The number of nitrogens with zero attached hydrogens (tertiary/aromatic N) is 2. The van der Waals surface area contributed by atoms with Gasteiger partial charge in [-0.1, -0.05) is 6.42 Å². The molecular weight excluding hydrogens is 344 g/mol. The van der Waals surface area contributed by atoms with Gasteiger partial charge in [0.2, 0.25) is 15.9 Å². The molecule has 136 valence electrons. The van der Waals surface area contributed by atoms with Gasteiger partial charge in [0.1, 0.15) is 0 Å². The monoisotopic (exact) mass is 366 g/mol. The van der Waals surface area contributed by atoms with Crippen LogP contribution >= 0.6 is 0 Å². The molecule has 25 heavy (non-hydrogen) atoms. The summed E-state index contributed by atoms with van der Waals surface area (Å²) >= 11 is 0. The Morgan fingerprint density at radius 3 is 2.12 bits per heavy atom. The van der Waals surface area contributed by atoms with Crippen molar-refractivity contribution in [2.45, 2.75) is 30.6 Å². The Morgan fingerprint density at radius 1 is 1.04 bits per heavy atom. The maximum Gasteiger partial charge on any atom is 0.335 e. The molecular formula is C17H22N2O5S. The quantitative estimate of drug-likeness (QED) is 0.850. The van der Waals surface area contributed by atoms with Crippen molar-refractivity contribution in [3.63, 3.8) is 0 Å². The number of carbonyl (C=O) groups is 2. The minimum absolute atomic E-state index is 0.0466. The first-order valence-corrected chi connectivity index (χ1v) is 9.93. The third-order valence-corrected chi connectivity index (χ3v) is 6.93. The Morgan fingerprint density at radius 2 is 1.64 bits per heavy atom. The SMILES string of the molecule is O=C(O)c1ccc(S(=O)(=O)N2CCN(C(=O)CC3CCC3)CC2)cc1. The van der Waals surface area contributed by atoms with Crippen molar-refractivity contribution in [1.82, 2.24) is 9.21 Å². The highest BCUT2D eigenvalue weighted by Gasteiger charge is 2.31. The van der Waals surface area contributed by atoms with Crippen LogP contribution in [0, 0.1) is 5.92 Å². The van der Waals surface area contributed by atoms with E-state index in [1.807, 2.05) is 0 Å². The third-order valence-electron chi connectivity index (χ3n) is 5.02. The van der Waals surface area contributed by atoms with Gasteiger partial charge in [-0.25, -0.2) is 13.2 Å². The Bertz CT molecular complexity index is 748. The lowest BCUT2D eigenvalue weighted by atomic mass is 9.82. The lowest BCUT2D eigenvalue weighted by Crippen LogP contribution is -2.50. The number of amides is 1. The molecule has 1 N–H and O–H groups in total. The Hall–Kier alpha value is -1.93. The van der Waals surface area contributed by atoms with E-state index in [4.69, 9.17) is 5.11 Å². The molecule has 2 aliphatic rings. The first-order valence-electron chi connectivity index (χ1n) is 8.49. The number of hydrogen-bond acceptors (Lipinski definition) is 4. The lowest BCUT2D eigenvalue weighted by molar-refractivity contribution is -0.134. The summed E-state index contributed by atoms with van der Waals surface area (Å²) in [5.41, 5.74) is 0.0466. The number of aromatic carboxylic acids is 1. The second kappa shape index (κ2) is 7.13. The molecule has 0 bridgehead atoms. The molecule has 1 saturated heterocycles. The van der Waals surface area contributed by atoms with E-state index in [0.29, 0.717) is 25.4 Å². The van der Waals surface area contributed by atoms with Crippen LogP contribution in [0.5, 0.6) is 0 Å². The molecule has 0 atom stereocenters. The van der Waals surface area contributed by atoms with Crippen LogP contribution in [0.4, 0.5) is 0 Å². The van der Waals surface area contributed by atoms with Crippen LogP contribution in [-0.2, 0) is 14.8 Å². The minimum Gasteiger partial charge on any atom is -0.478 e. The fourth-order valence-corrected chi connectivity index (χ4v) is 4.59. The first-order chi connectivity index (χ1) is 11.9. The van der Waals surface area contributed by atoms with E-state index in [0.717, 1.165) is 12.8 Å². The highest BCUT2D eigenvalue weighted by Crippen LogP contribution is 2.30. The van der Waals surface area contributed by atoms with Gasteiger partial charge in [0, 0.05) is 32.6 Å². The number of rotatable bonds is 5. The van der Waals surface area contributed by atoms with Crippen LogP contribution in [0.3, 0.4) is 0 Å². The third kappa shape index (κ3) is 3.85. The number of hydrogen-bond donors (Lipinski definition) is 1. The van der Waals surface area contributed by atoms with Crippen molar-refractivity contribution in [1.29, 1.82) is 0 Å². The fraction of sp³-hybridized carbons (Fsp3) is 0.529. The highest BCUT2D eigenvalue weighted by atomic mass is 32.2. The van der Waals surface area contributed by atoms with Crippen LogP contribution in [0.15, 0.2) is 29.2 Å². The molecule has 1 saturated carbocycles. The van der Waals surface area contributed by atoms with Gasteiger partial charge in [-0.15, -0.1) is 0 Å². The average molecular weight is 366 g/mol. The van der Waals surface area contributed by atoms with E-state index in [2.05, 4.69) is 0 Å². The zero-order valence-corrected chi connectivity index (χ0v) is 14.7. The van der Waals surface area contributed by atoms with Crippen LogP contribution in [0.2, 0.25) is 0 Å². The maximum absolute atomic E-state index is 12.7. The molecule has 2 fully saturated rings. The van der Waals surface area contributed by atoms with Crippen LogP contribution in [0.25, 0.3) is 0 Å². The predicted octanol–water partition coefficient (Wildman–Crippen LogP) is 1.41. The molecule has 1 aromatic carbocycles. The van der Waals surface area contributed by atoms with Gasteiger partial charge in [0.25, 0.3) is 0 Å². The molecule has 8 heteroatoms. The standard InChI is InChI=1S/C17H22N2O5S/c20-16(12-13-2-1-3-13)18-8-10-19(11-9-18)25(23,24)15-6-4-14(5-7-15)17(21)22/h4-7,13H,1-3,8-12H2,(H,21,22). The summed E-state index contributed by atoms with van der Waals surface area (Å²) in [4.78, 5) is 24.9. The molecule has 1 heterocycles. The van der Waals surface area contributed by atoms with E-state index in [-0.39, 0.29) is 29.5 Å². The minimum atomic E-state index is -3.67. The van der Waals surface area contributed by atoms with Gasteiger partial charge in [0.15, 0.2) is 0 Å². The molecule has 1 aliphatic heterocycles. The van der Waals surface area contributed by atoms with E-state index in [1.54, 1.807) is 4.90 Å². The summed E-state index contributed by atoms with van der Waals surface area (Å²) in [6.07, 6.45) is 4.01. The molecule has 7 nitrogen and oxygen atoms in total. The van der Waals surface area contributed by atoms with E-state index in [9.17, 15) is 18.0 Å². The number of carbonyl (C=O) groups excluding carboxylic acids is 1. The maximum atomic E-state index is 12.7. The number of carboxylic acids is 1. The van der Waals surface area contributed by atoms with E-state index >= 15 is 0 Å². The summed E-state index contributed by atoms with van der Waals surface area (Å²) in [6.45, 7) is 1.33. The number of carboxylic acid groups (broad SMARTS) is 1. The second-order valence-corrected chi connectivity index (χ2v) is 8.55. The van der Waals surface area contributed by atoms with Crippen LogP contribution < -0.4 is 0 Å². The normalized spacial score (nSPS) is 19.4. The predicted molar refractivity (Wildman–Crippen MR) is 90.7 cm³/mol. The van der Waals surface area contributed by atoms with Gasteiger partial charge >= 0.3 is 5.97 Å². The molecule has 1 aromatic rings.